The fraction of sp³-hybridized carbons (Fsp3) is 0.533. The van der Waals surface area contributed by atoms with Crippen LogP contribution in [0.25, 0.3) is 0 Å². The van der Waals surface area contributed by atoms with E-state index < -0.39 is 4.92 Å². The van der Waals surface area contributed by atoms with Crippen LogP contribution in [0.3, 0.4) is 0 Å². The first-order valence-electron chi connectivity index (χ1n) is 7.42. The summed E-state index contributed by atoms with van der Waals surface area (Å²) < 4.78 is 5.66. The molecular formula is C15H20ClN3O4. The van der Waals surface area contributed by atoms with E-state index in [0.29, 0.717) is 13.1 Å². The fourth-order valence-electron chi connectivity index (χ4n) is 2.66. The molecule has 3 atom stereocenters. The maximum atomic E-state index is 12.4. The van der Waals surface area contributed by atoms with E-state index in [2.05, 4.69) is 5.32 Å². The average Bonchev–Trinajstić information content (AvgIpc) is 2.47. The topological polar surface area (TPSA) is 84.7 Å². The third-order valence-electron chi connectivity index (χ3n) is 3.79. The van der Waals surface area contributed by atoms with E-state index in [-0.39, 0.29) is 40.6 Å². The third kappa shape index (κ3) is 4.40. The molecule has 0 saturated carbocycles. The fourth-order valence-corrected chi connectivity index (χ4v) is 2.82. The molecule has 0 aliphatic carbocycles. The molecule has 1 aliphatic rings. The smallest absolute Gasteiger partial charge is 0.271 e. The average molecular weight is 342 g/mol. The molecule has 0 radical (unpaired) electrons. The van der Waals surface area contributed by atoms with Gasteiger partial charge in [-0.05, 0) is 26.8 Å². The van der Waals surface area contributed by atoms with Crippen LogP contribution < -0.4 is 5.32 Å². The number of rotatable bonds is 4. The van der Waals surface area contributed by atoms with E-state index in [1.54, 1.807) is 6.92 Å². The summed E-state index contributed by atoms with van der Waals surface area (Å²) in [5.41, 5.74) is 0.123. The SMILES string of the molecule is CC1CN(C(C)C(=O)Nc2cc([N+](=O)[O-])ccc2Cl)CC(C)O1. The molecule has 1 fully saturated rings. The van der Waals surface area contributed by atoms with Crippen LogP contribution >= 0.6 is 11.6 Å². The van der Waals surface area contributed by atoms with Gasteiger partial charge >= 0.3 is 0 Å². The number of nitrogens with zero attached hydrogens (tertiary/aromatic N) is 2. The zero-order valence-electron chi connectivity index (χ0n) is 13.3. The van der Waals surface area contributed by atoms with Crippen molar-refractivity contribution in [2.75, 3.05) is 18.4 Å². The Balaban J connectivity index is 2.09. The van der Waals surface area contributed by atoms with Gasteiger partial charge in [-0.15, -0.1) is 0 Å². The van der Waals surface area contributed by atoms with E-state index in [1.165, 1.54) is 18.2 Å². The number of anilines is 1. The van der Waals surface area contributed by atoms with E-state index in [0.717, 1.165) is 0 Å². The quantitative estimate of drug-likeness (QED) is 0.672. The second-order valence-electron chi connectivity index (χ2n) is 5.80. The van der Waals surface area contributed by atoms with Crippen LogP contribution in [0.4, 0.5) is 11.4 Å². The Labute approximate surface area is 139 Å². The molecule has 8 heteroatoms. The van der Waals surface area contributed by atoms with Crippen LogP contribution in [0.1, 0.15) is 20.8 Å². The Bertz CT molecular complexity index is 600. The molecule has 1 aromatic rings. The number of benzene rings is 1. The summed E-state index contributed by atoms with van der Waals surface area (Å²) in [6, 6.07) is 3.57. The number of halogens is 1. The van der Waals surface area contributed by atoms with E-state index in [4.69, 9.17) is 16.3 Å². The van der Waals surface area contributed by atoms with Gasteiger partial charge in [0.1, 0.15) is 0 Å². The molecule has 3 unspecified atom stereocenters. The van der Waals surface area contributed by atoms with Gasteiger partial charge in [-0.2, -0.15) is 0 Å². The van der Waals surface area contributed by atoms with Gasteiger partial charge in [-0.1, -0.05) is 11.6 Å². The Kier molecular flexibility index (Phi) is 5.56. The van der Waals surface area contributed by atoms with Gasteiger partial charge in [0.25, 0.3) is 5.69 Å². The minimum absolute atomic E-state index is 0.0513. The zero-order valence-corrected chi connectivity index (χ0v) is 14.0. The Hall–Kier alpha value is -1.70. The first-order valence-corrected chi connectivity index (χ1v) is 7.80. The summed E-state index contributed by atoms with van der Waals surface area (Å²) in [6.45, 7) is 7.03. The van der Waals surface area contributed by atoms with Gasteiger partial charge in [0.05, 0.1) is 33.9 Å². The molecule has 1 N–H and O–H groups in total. The lowest BCUT2D eigenvalue weighted by Gasteiger charge is -2.38. The zero-order chi connectivity index (χ0) is 17.1. The van der Waals surface area contributed by atoms with Crippen molar-refractivity contribution in [2.24, 2.45) is 0 Å². The first-order chi connectivity index (χ1) is 10.8. The molecule has 7 nitrogen and oxygen atoms in total. The lowest BCUT2D eigenvalue weighted by molar-refractivity contribution is -0.384. The summed E-state index contributed by atoms with van der Waals surface area (Å²) >= 11 is 6.01. The number of non-ortho nitro benzene ring substituents is 1. The maximum Gasteiger partial charge on any atom is 0.271 e. The second kappa shape index (κ2) is 7.25. The summed E-state index contributed by atoms with van der Waals surface area (Å²) in [7, 11) is 0. The number of hydrogen-bond donors (Lipinski definition) is 1. The van der Waals surface area contributed by atoms with Crippen molar-refractivity contribution < 1.29 is 14.5 Å². The molecule has 1 aromatic carbocycles. The largest absolute Gasteiger partial charge is 0.373 e. The Morgan fingerprint density at radius 1 is 1.43 bits per heavy atom. The van der Waals surface area contributed by atoms with Gasteiger partial charge in [0.15, 0.2) is 0 Å². The van der Waals surface area contributed by atoms with Crippen molar-refractivity contribution in [3.63, 3.8) is 0 Å². The highest BCUT2D eigenvalue weighted by molar-refractivity contribution is 6.33. The summed E-state index contributed by atoms with van der Waals surface area (Å²) in [5, 5.41) is 13.8. The van der Waals surface area contributed by atoms with Crippen molar-refractivity contribution in [2.45, 2.75) is 39.0 Å². The Morgan fingerprint density at radius 3 is 2.61 bits per heavy atom. The van der Waals surface area contributed by atoms with Crippen molar-refractivity contribution in [1.82, 2.24) is 4.90 Å². The van der Waals surface area contributed by atoms with Crippen molar-refractivity contribution in [1.29, 1.82) is 0 Å². The number of nitro groups is 1. The van der Waals surface area contributed by atoms with Crippen LogP contribution in [0, 0.1) is 10.1 Å². The molecule has 1 amide bonds. The monoisotopic (exact) mass is 341 g/mol. The van der Waals surface area contributed by atoms with Crippen LogP contribution in [-0.2, 0) is 9.53 Å². The standard InChI is InChI=1S/C15H20ClN3O4/c1-9-7-18(8-10(2)23-9)11(3)15(20)17-14-6-12(19(21)22)4-5-13(14)16/h4-6,9-11H,7-8H2,1-3H3,(H,17,20). The number of hydrogen-bond acceptors (Lipinski definition) is 5. The van der Waals surface area contributed by atoms with Crippen LogP contribution in [0.5, 0.6) is 0 Å². The number of ether oxygens (including phenoxy) is 1. The molecule has 1 saturated heterocycles. The van der Waals surface area contributed by atoms with Crippen molar-refractivity contribution in [3.05, 3.63) is 33.3 Å². The summed E-state index contributed by atoms with van der Waals surface area (Å²) in [6.07, 6.45) is 0.103. The minimum atomic E-state index is -0.527. The van der Waals surface area contributed by atoms with Crippen molar-refractivity contribution in [3.8, 4) is 0 Å². The van der Waals surface area contributed by atoms with Crippen LogP contribution in [-0.4, -0.2) is 47.1 Å². The molecule has 0 bridgehead atoms. The number of nitrogens with one attached hydrogen (secondary N) is 1. The van der Waals surface area contributed by atoms with E-state index >= 15 is 0 Å². The molecule has 126 valence electrons. The highest BCUT2D eigenvalue weighted by atomic mass is 35.5. The van der Waals surface area contributed by atoms with E-state index in [1.807, 2.05) is 18.7 Å². The number of morpholine rings is 1. The number of carbonyl (C=O) groups excluding carboxylic acids is 1. The summed E-state index contributed by atoms with van der Waals surface area (Å²) in [5.74, 6) is -0.256. The molecular weight excluding hydrogens is 322 g/mol. The third-order valence-corrected chi connectivity index (χ3v) is 4.12. The van der Waals surface area contributed by atoms with Crippen LogP contribution in [0.15, 0.2) is 18.2 Å². The predicted molar refractivity (Wildman–Crippen MR) is 87.8 cm³/mol. The first kappa shape index (κ1) is 17.7. The van der Waals surface area contributed by atoms with Gasteiger partial charge in [0, 0.05) is 25.2 Å². The highest BCUT2D eigenvalue weighted by Crippen LogP contribution is 2.27. The minimum Gasteiger partial charge on any atom is -0.373 e. The number of amides is 1. The summed E-state index contributed by atoms with van der Waals surface area (Å²) in [4.78, 5) is 24.8. The van der Waals surface area contributed by atoms with Crippen LogP contribution in [0.2, 0.25) is 5.02 Å². The van der Waals surface area contributed by atoms with Gasteiger partial charge < -0.3 is 10.1 Å². The van der Waals surface area contributed by atoms with Gasteiger partial charge in [-0.3, -0.25) is 19.8 Å². The molecule has 23 heavy (non-hydrogen) atoms. The molecule has 2 rings (SSSR count). The number of nitro benzene ring substituents is 1. The maximum absolute atomic E-state index is 12.4. The van der Waals surface area contributed by atoms with Gasteiger partial charge in [0.2, 0.25) is 5.91 Å². The lowest BCUT2D eigenvalue weighted by atomic mass is 10.1. The highest BCUT2D eigenvalue weighted by Gasteiger charge is 2.29. The molecule has 0 spiro atoms. The molecule has 1 heterocycles. The Morgan fingerprint density at radius 2 is 2.04 bits per heavy atom. The second-order valence-corrected chi connectivity index (χ2v) is 6.20. The van der Waals surface area contributed by atoms with E-state index in [9.17, 15) is 14.9 Å². The van der Waals surface area contributed by atoms with Crippen molar-refractivity contribution >= 4 is 28.9 Å². The van der Waals surface area contributed by atoms with Gasteiger partial charge in [-0.25, -0.2) is 0 Å². The molecule has 1 aliphatic heterocycles. The normalized spacial score (nSPS) is 23.3. The molecule has 0 aromatic heterocycles. The predicted octanol–water partition coefficient (Wildman–Crippen LogP) is 2.68. The number of carbonyl (C=O) groups is 1. The lowest BCUT2D eigenvalue weighted by Crippen LogP contribution is -2.52.